The minimum atomic E-state index is -1.25. The summed E-state index contributed by atoms with van der Waals surface area (Å²) in [7, 11) is 0. The third kappa shape index (κ3) is 3.16. The highest BCUT2D eigenvalue weighted by atomic mass is 16.4. The Bertz CT molecular complexity index is 727. The Balaban J connectivity index is 1.76. The highest BCUT2D eigenvalue weighted by Crippen LogP contribution is 2.28. The summed E-state index contributed by atoms with van der Waals surface area (Å²) < 4.78 is 0. The van der Waals surface area contributed by atoms with Gasteiger partial charge in [-0.25, -0.2) is 9.69 Å². The highest BCUT2D eigenvalue weighted by Gasteiger charge is 2.42. The molecule has 0 spiro atoms. The highest BCUT2D eigenvalue weighted by molar-refractivity contribution is 5.94. The summed E-state index contributed by atoms with van der Waals surface area (Å²) in [6, 6.07) is 17.5. The first-order chi connectivity index (χ1) is 11.6. The van der Waals surface area contributed by atoms with E-state index >= 15 is 0 Å². The molecular weight excluding hydrogens is 306 g/mol. The van der Waals surface area contributed by atoms with E-state index in [1.807, 2.05) is 54.6 Å². The summed E-state index contributed by atoms with van der Waals surface area (Å²) in [5, 5.41) is 18.5. The average molecular weight is 325 g/mol. The number of imide groups is 1. The second-order valence-corrected chi connectivity index (χ2v) is 6.03. The lowest BCUT2D eigenvalue weighted by molar-refractivity contribution is -0.130. The molecule has 1 fully saturated rings. The van der Waals surface area contributed by atoms with Crippen LogP contribution in [0.5, 0.6) is 0 Å². The number of carbonyl (C=O) groups excluding carboxylic acids is 1. The number of carboxylic acid groups (broad SMARTS) is 1. The Labute approximate surface area is 140 Å². The average Bonchev–Trinajstić information content (AvgIpc) is 2.92. The summed E-state index contributed by atoms with van der Waals surface area (Å²) in [5.74, 6) is -1.12. The summed E-state index contributed by atoms with van der Waals surface area (Å²) >= 11 is 0. The molecule has 2 aromatic rings. The van der Waals surface area contributed by atoms with Crippen molar-refractivity contribution >= 4 is 12.0 Å². The lowest BCUT2D eigenvalue weighted by Crippen LogP contribution is -2.39. The molecule has 0 aromatic heterocycles. The van der Waals surface area contributed by atoms with Crippen LogP contribution in [0.25, 0.3) is 11.1 Å². The normalized spacial score (nSPS) is 20.4. The van der Waals surface area contributed by atoms with Gasteiger partial charge in [0.2, 0.25) is 5.91 Å². The molecule has 5 heteroatoms. The molecule has 0 radical (unpaired) electrons. The summed E-state index contributed by atoms with van der Waals surface area (Å²) in [5.41, 5.74) is 3.18. The maximum Gasteiger partial charge on any atom is 0.414 e. The standard InChI is InChI=1S/C19H19NO4/c21-12-16-11-17(20(18(16)22)19(23)24)10-13-6-8-15(9-7-13)14-4-2-1-3-5-14/h1-9,16-17,21H,10-12H2,(H,23,24)/t16-,17+/m0/s1. The molecule has 0 aliphatic carbocycles. The van der Waals surface area contributed by atoms with E-state index < -0.39 is 24.0 Å². The molecule has 0 unspecified atom stereocenters. The molecule has 3 rings (SSSR count). The first-order valence-electron chi connectivity index (χ1n) is 7.91. The molecule has 2 atom stereocenters. The topological polar surface area (TPSA) is 77.8 Å². The molecular formula is C19H19NO4. The van der Waals surface area contributed by atoms with Crippen molar-refractivity contribution in [3.8, 4) is 11.1 Å². The van der Waals surface area contributed by atoms with E-state index in [0.717, 1.165) is 21.6 Å². The van der Waals surface area contributed by atoms with Crippen LogP contribution in [-0.2, 0) is 11.2 Å². The Morgan fingerprint density at radius 2 is 1.67 bits per heavy atom. The maximum atomic E-state index is 12.0. The van der Waals surface area contributed by atoms with E-state index in [0.29, 0.717) is 12.8 Å². The number of carbonyl (C=O) groups is 2. The van der Waals surface area contributed by atoms with Gasteiger partial charge in [0.05, 0.1) is 12.5 Å². The summed E-state index contributed by atoms with van der Waals surface area (Å²) in [4.78, 5) is 24.2. The molecule has 1 saturated heterocycles. The van der Waals surface area contributed by atoms with Crippen molar-refractivity contribution in [3.05, 3.63) is 60.2 Å². The van der Waals surface area contributed by atoms with Crippen molar-refractivity contribution < 1.29 is 19.8 Å². The van der Waals surface area contributed by atoms with Crippen LogP contribution < -0.4 is 0 Å². The minimum absolute atomic E-state index is 0.313. The molecule has 0 bridgehead atoms. The lowest BCUT2D eigenvalue weighted by Gasteiger charge is -2.19. The quantitative estimate of drug-likeness (QED) is 0.906. The van der Waals surface area contributed by atoms with Gasteiger partial charge in [0.15, 0.2) is 0 Å². The Kier molecular flexibility index (Phi) is 4.62. The zero-order chi connectivity index (χ0) is 17.1. The predicted octanol–water partition coefficient (Wildman–Crippen LogP) is 2.78. The Hall–Kier alpha value is -2.66. The SMILES string of the molecule is O=C(O)N1C(=O)[C@H](CO)C[C@H]1Cc1ccc(-c2ccccc2)cc1. The molecule has 5 nitrogen and oxygen atoms in total. The van der Waals surface area contributed by atoms with Crippen molar-refractivity contribution in [2.24, 2.45) is 5.92 Å². The molecule has 1 aliphatic heterocycles. The second kappa shape index (κ2) is 6.84. The van der Waals surface area contributed by atoms with E-state index in [4.69, 9.17) is 0 Å². The number of aliphatic hydroxyl groups is 1. The van der Waals surface area contributed by atoms with Crippen molar-refractivity contribution in [2.45, 2.75) is 18.9 Å². The zero-order valence-electron chi connectivity index (χ0n) is 13.1. The monoisotopic (exact) mass is 325 g/mol. The molecule has 2 aromatic carbocycles. The van der Waals surface area contributed by atoms with E-state index in [1.165, 1.54) is 0 Å². The van der Waals surface area contributed by atoms with Gasteiger partial charge in [0.25, 0.3) is 0 Å². The Morgan fingerprint density at radius 1 is 1.04 bits per heavy atom. The van der Waals surface area contributed by atoms with Crippen molar-refractivity contribution in [2.75, 3.05) is 6.61 Å². The van der Waals surface area contributed by atoms with E-state index in [9.17, 15) is 19.8 Å². The molecule has 2 amide bonds. The van der Waals surface area contributed by atoms with Crippen LogP contribution >= 0.6 is 0 Å². The number of aliphatic hydroxyl groups excluding tert-OH is 1. The maximum absolute atomic E-state index is 12.0. The van der Waals surface area contributed by atoms with Crippen LogP contribution in [0.4, 0.5) is 4.79 Å². The predicted molar refractivity (Wildman–Crippen MR) is 89.4 cm³/mol. The van der Waals surface area contributed by atoms with E-state index in [2.05, 4.69) is 0 Å². The minimum Gasteiger partial charge on any atom is -0.465 e. The molecule has 0 saturated carbocycles. The summed E-state index contributed by atoms with van der Waals surface area (Å²) in [6.45, 7) is -0.313. The van der Waals surface area contributed by atoms with Gasteiger partial charge in [-0.2, -0.15) is 0 Å². The van der Waals surface area contributed by atoms with Crippen LogP contribution in [0.15, 0.2) is 54.6 Å². The number of nitrogens with zero attached hydrogens (tertiary/aromatic N) is 1. The van der Waals surface area contributed by atoms with Gasteiger partial charge in [0.1, 0.15) is 0 Å². The molecule has 1 heterocycles. The fourth-order valence-corrected chi connectivity index (χ4v) is 3.22. The van der Waals surface area contributed by atoms with Gasteiger partial charge in [-0.3, -0.25) is 4.79 Å². The fourth-order valence-electron chi connectivity index (χ4n) is 3.22. The fraction of sp³-hybridized carbons (Fsp3) is 0.263. The Morgan fingerprint density at radius 3 is 2.25 bits per heavy atom. The van der Waals surface area contributed by atoms with Gasteiger partial charge in [-0.05, 0) is 29.5 Å². The number of likely N-dealkylation sites (tertiary alicyclic amines) is 1. The first kappa shape index (κ1) is 16.2. The van der Waals surface area contributed by atoms with Gasteiger partial charge < -0.3 is 10.2 Å². The molecule has 1 aliphatic rings. The van der Waals surface area contributed by atoms with Gasteiger partial charge in [-0.15, -0.1) is 0 Å². The largest absolute Gasteiger partial charge is 0.465 e. The molecule has 24 heavy (non-hydrogen) atoms. The van der Waals surface area contributed by atoms with Crippen molar-refractivity contribution in [3.63, 3.8) is 0 Å². The van der Waals surface area contributed by atoms with Crippen LogP contribution in [0.3, 0.4) is 0 Å². The van der Waals surface area contributed by atoms with Crippen molar-refractivity contribution in [1.82, 2.24) is 4.90 Å². The van der Waals surface area contributed by atoms with Crippen LogP contribution in [-0.4, -0.2) is 39.8 Å². The molecule has 124 valence electrons. The number of hydrogen-bond acceptors (Lipinski definition) is 3. The number of hydrogen-bond donors (Lipinski definition) is 2. The third-order valence-corrected chi connectivity index (χ3v) is 4.47. The van der Waals surface area contributed by atoms with Gasteiger partial charge >= 0.3 is 6.09 Å². The zero-order valence-corrected chi connectivity index (χ0v) is 13.1. The molecule has 2 N–H and O–H groups in total. The number of rotatable bonds is 4. The van der Waals surface area contributed by atoms with Crippen molar-refractivity contribution in [1.29, 1.82) is 0 Å². The van der Waals surface area contributed by atoms with Crippen LogP contribution in [0.1, 0.15) is 12.0 Å². The van der Waals surface area contributed by atoms with E-state index in [1.54, 1.807) is 0 Å². The van der Waals surface area contributed by atoms with Crippen LogP contribution in [0, 0.1) is 5.92 Å². The van der Waals surface area contributed by atoms with E-state index in [-0.39, 0.29) is 6.61 Å². The summed E-state index contributed by atoms with van der Waals surface area (Å²) in [6.07, 6.45) is -0.423. The number of amides is 2. The third-order valence-electron chi connectivity index (χ3n) is 4.47. The van der Waals surface area contributed by atoms with Gasteiger partial charge in [0, 0.05) is 6.04 Å². The van der Waals surface area contributed by atoms with Crippen LogP contribution in [0.2, 0.25) is 0 Å². The smallest absolute Gasteiger partial charge is 0.414 e. The lowest BCUT2D eigenvalue weighted by atomic mass is 9.98. The second-order valence-electron chi connectivity index (χ2n) is 6.03. The van der Waals surface area contributed by atoms with Gasteiger partial charge in [-0.1, -0.05) is 54.6 Å². The first-order valence-corrected chi connectivity index (χ1v) is 7.91. The number of benzene rings is 2.